The lowest BCUT2D eigenvalue weighted by molar-refractivity contribution is -0.116. The van der Waals surface area contributed by atoms with E-state index in [2.05, 4.69) is 15.3 Å². The van der Waals surface area contributed by atoms with Crippen molar-refractivity contribution < 1.29 is 9.53 Å². The van der Waals surface area contributed by atoms with Crippen molar-refractivity contribution >= 4 is 17.5 Å². The first-order valence-corrected chi connectivity index (χ1v) is 6.13. The Morgan fingerprint density at radius 2 is 2.19 bits per heavy atom. The molecule has 8 nitrogen and oxygen atoms in total. The number of methoxy groups -OCH3 is 1. The van der Waals surface area contributed by atoms with Gasteiger partial charge in [0.15, 0.2) is 0 Å². The van der Waals surface area contributed by atoms with E-state index in [-0.39, 0.29) is 18.1 Å². The number of nitrogens with two attached hydrogens (primary N) is 1. The average Bonchev–Trinajstić information content (AvgIpc) is 2.42. The number of carbonyl (C=O) groups excluding carboxylic acids is 1. The van der Waals surface area contributed by atoms with Crippen LogP contribution in [0.15, 0.2) is 29.2 Å². The number of aryl methyl sites for hydroxylation is 1. The van der Waals surface area contributed by atoms with E-state index in [9.17, 15) is 9.59 Å². The van der Waals surface area contributed by atoms with Crippen LogP contribution in [0.2, 0.25) is 0 Å². The molecule has 3 N–H and O–H groups in total. The summed E-state index contributed by atoms with van der Waals surface area (Å²) >= 11 is 0. The minimum atomic E-state index is -0.435. The Bertz CT molecular complexity index is 726. The van der Waals surface area contributed by atoms with Gasteiger partial charge >= 0.3 is 0 Å². The highest BCUT2D eigenvalue weighted by molar-refractivity contribution is 5.88. The molecule has 0 unspecified atom stereocenters. The molecule has 0 aliphatic carbocycles. The number of nitrogen functional groups attached to an aromatic ring is 1. The second-order valence-electron chi connectivity index (χ2n) is 4.35. The number of anilines is 2. The number of carbonyl (C=O) groups is 1. The number of pyridine rings is 1. The Kier molecular flexibility index (Phi) is 4.17. The molecular formula is C13H15N5O3. The van der Waals surface area contributed by atoms with Crippen LogP contribution in [0.5, 0.6) is 5.88 Å². The number of amides is 1. The summed E-state index contributed by atoms with van der Waals surface area (Å²) in [5.41, 5.74) is 6.31. The van der Waals surface area contributed by atoms with Crippen molar-refractivity contribution in [2.75, 3.05) is 18.2 Å². The number of hydrogen-bond acceptors (Lipinski definition) is 6. The second-order valence-corrected chi connectivity index (χ2v) is 4.35. The molecule has 0 saturated heterocycles. The van der Waals surface area contributed by atoms with Gasteiger partial charge in [-0.1, -0.05) is 0 Å². The third-order valence-corrected chi connectivity index (χ3v) is 2.61. The predicted molar refractivity (Wildman–Crippen MR) is 77.1 cm³/mol. The molecule has 0 aliphatic heterocycles. The molecule has 0 atom stereocenters. The Morgan fingerprint density at radius 3 is 2.90 bits per heavy atom. The highest BCUT2D eigenvalue weighted by atomic mass is 16.5. The van der Waals surface area contributed by atoms with Crippen LogP contribution < -0.4 is 21.3 Å². The first-order chi connectivity index (χ1) is 9.97. The molecule has 0 saturated carbocycles. The molecule has 8 heteroatoms. The van der Waals surface area contributed by atoms with Gasteiger partial charge in [-0.15, -0.1) is 0 Å². The summed E-state index contributed by atoms with van der Waals surface area (Å²) < 4.78 is 6.20. The van der Waals surface area contributed by atoms with Gasteiger partial charge in [0.25, 0.3) is 5.56 Å². The van der Waals surface area contributed by atoms with Crippen LogP contribution in [-0.2, 0) is 11.3 Å². The molecule has 110 valence electrons. The van der Waals surface area contributed by atoms with Gasteiger partial charge in [0.05, 0.1) is 7.11 Å². The Morgan fingerprint density at radius 1 is 1.43 bits per heavy atom. The minimum Gasteiger partial charge on any atom is -0.481 e. The number of hydrogen-bond donors (Lipinski definition) is 2. The fourth-order valence-electron chi connectivity index (χ4n) is 1.69. The van der Waals surface area contributed by atoms with Crippen LogP contribution in [0.25, 0.3) is 0 Å². The van der Waals surface area contributed by atoms with Gasteiger partial charge in [0, 0.05) is 29.7 Å². The van der Waals surface area contributed by atoms with E-state index in [1.54, 1.807) is 13.0 Å². The number of rotatable bonds is 4. The van der Waals surface area contributed by atoms with Crippen LogP contribution >= 0.6 is 0 Å². The Labute approximate surface area is 120 Å². The van der Waals surface area contributed by atoms with Crippen molar-refractivity contribution in [3.8, 4) is 5.88 Å². The summed E-state index contributed by atoms with van der Waals surface area (Å²) in [6.45, 7) is 1.58. The summed E-state index contributed by atoms with van der Waals surface area (Å²) in [6, 6.07) is 4.41. The molecule has 2 rings (SSSR count). The Hall–Kier alpha value is -2.90. The highest BCUT2D eigenvalue weighted by Gasteiger charge is 2.09. The van der Waals surface area contributed by atoms with Crippen LogP contribution in [0, 0.1) is 6.92 Å². The summed E-state index contributed by atoms with van der Waals surface area (Å²) in [7, 11) is 1.47. The molecule has 0 bridgehead atoms. The first kappa shape index (κ1) is 14.5. The predicted octanol–water partition coefficient (Wildman–Crippen LogP) is 0.176. The van der Waals surface area contributed by atoms with E-state index in [0.717, 1.165) is 0 Å². The lowest BCUT2D eigenvalue weighted by Crippen LogP contribution is -2.27. The van der Waals surface area contributed by atoms with Gasteiger partial charge in [-0.3, -0.25) is 14.9 Å². The molecule has 2 aromatic heterocycles. The largest absolute Gasteiger partial charge is 0.481 e. The highest BCUT2D eigenvalue weighted by Crippen LogP contribution is 2.11. The molecule has 0 aromatic carbocycles. The van der Waals surface area contributed by atoms with Crippen molar-refractivity contribution in [2.45, 2.75) is 13.5 Å². The zero-order valence-electron chi connectivity index (χ0n) is 11.7. The van der Waals surface area contributed by atoms with Gasteiger partial charge in [-0.25, -0.2) is 4.98 Å². The molecule has 0 spiro atoms. The van der Waals surface area contributed by atoms with E-state index >= 15 is 0 Å². The normalized spacial score (nSPS) is 10.2. The molecule has 1 amide bonds. The van der Waals surface area contributed by atoms with Crippen molar-refractivity contribution in [2.24, 2.45) is 0 Å². The standard InChI is InChI=1S/C13H15N5O3/c1-8-5-11(21-2)17-13(15-8)16-10(19)7-18-6-9(14)3-4-12(18)20/h3-6H,7,14H2,1-2H3,(H,15,16,17,19). The van der Waals surface area contributed by atoms with Crippen molar-refractivity contribution in [1.29, 1.82) is 0 Å². The number of aromatic nitrogens is 3. The third-order valence-electron chi connectivity index (χ3n) is 2.61. The summed E-state index contributed by atoms with van der Waals surface area (Å²) in [5.74, 6) is 0.0306. The molecule has 2 aromatic rings. The molecule has 2 heterocycles. The maximum atomic E-state index is 11.9. The molecule has 0 radical (unpaired) electrons. The van der Waals surface area contributed by atoms with Gasteiger partial charge in [-0.05, 0) is 13.0 Å². The van der Waals surface area contributed by atoms with E-state index in [4.69, 9.17) is 10.5 Å². The molecule has 0 aliphatic rings. The average molecular weight is 289 g/mol. The SMILES string of the molecule is COc1cc(C)nc(NC(=O)Cn2cc(N)ccc2=O)n1. The van der Waals surface area contributed by atoms with Crippen LogP contribution in [-0.4, -0.2) is 27.6 Å². The zero-order chi connectivity index (χ0) is 15.4. The van der Waals surface area contributed by atoms with Crippen LogP contribution in [0.1, 0.15) is 5.69 Å². The second kappa shape index (κ2) is 6.04. The number of ether oxygens (including phenoxy) is 1. The molecular weight excluding hydrogens is 274 g/mol. The van der Waals surface area contributed by atoms with E-state index in [1.165, 1.54) is 30.0 Å². The monoisotopic (exact) mass is 289 g/mol. The van der Waals surface area contributed by atoms with Gasteiger partial charge in [-0.2, -0.15) is 4.98 Å². The zero-order valence-corrected chi connectivity index (χ0v) is 11.7. The quantitative estimate of drug-likeness (QED) is 0.830. The van der Waals surface area contributed by atoms with E-state index in [0.29, 0.717) is 17.3 Å². The molecule has 21 heavy (non-hydrogen) atoms. The van der Waals surface area contributed by atoms with Crippen LogP contribution in [0.3, 0.4) is 0 Å². The van der Waals surface area contributed by atoms with Gasteiger partial charge in [0.2, 0.25) is 17.7 Å². The van der Waals surface area contributed by atoms with Gasteiger partial charge in [0.1, 0.15) is 6.54 Å². The van der Waals surface area contributed by atoms with E-state index in [1.807, 2.05) is 0 Å². The summed E-state index contributed by atoms with van der Waals surface area (Å²) in [6.07, 6.45) is 1.40. The first-order valence-electron chi connectivity index (χ1n) is 6.13. The smallest absolute Gasteiger partial charge is 0.251 e. The minimum absolute atomic E-state index is 0.119. The lowest BCUT2D eigenvalue weighted by atomic mass is 10.4. The van der Waals surface area contributed by atoms with Crippen molar-refractivity contribution in [1.82, 2.24) is 14.5 Å². The maximum absolute atomic E-state index is 11.9. The Balaban J connectivity index is 2.13. The topological polar surface area (TPSA) is 112 Å². The maximum Gasteiger partial charge on any atom is 0.251 e. The summed E-state index contributed by atoms with van der Waals surface area (Å²) in [5, 5.41) is 2.51. The van der Waals surface area contributed by atoms with Gasteiger partial charge < -0.3 is 15.0 Å². The van der Waals surface area contributed by atoms with Crippen molar-refractivity contribution in [3.05, 3.63) is 40.4 Å². The van der Waals surface area contributed by atoms with Crippen molar-refractivity contribution in [3.63, 3.8) is 0 Å². The lowest BCUT2D eigenvalue weighted by Gasteiger charge is -2.08. The third kappa shape index (κ3) is 3.78. The molecule has 0 fully saturated rings. The van der Waals surface area contributed by atoms with Crippen LogP contribution in [0.4, 0.5) is 11.6 Å². The number of nitrogens with one attached hydrogen (secondary N) is 1. The fourth-order valence-corrected chi connectivity index (χ4v) is 1.69. The summed E-state index contributed by atoms with van der Waals surface area (Å²) in [4.78, 5) is 31.6. The van der Waals surface area contributed by atoms with E-state index < -0.39 is 5.91 Å². The fraction of sp³-hybridized carbons (Fsp3) is 0.231. The number of nitrogens with zero attached hydrogens (tertiary/aromatic N) is 3.